The summed E-state index contributed by atoms with van der Waals surface area (Å²) in [6, 6.07) is 4.20. The van der Waals surface area contributed by atoms with Crippen LogP contribution in [0.2, 0.25) is 0 Å². The quantitative estimate of drug-likeness (QED) is 0.472. The van der Waals surface area contributed by atoms with Crippen molar-refractivity contribution in [1.82, 2.24) is 34.3 Å². The molecular weight excluding hydrogens is 499 g/mol. The van der Waals surface area contributed by atoms with Crippen molar-refractivity contribution in [2.24, 2.45) is 5.73 Å². The summed E-state index contributed by atoms with van der Waals surface area (Å²) in [6.07, 6.45) is 3.14. The first-order chi connectivity index (χ1) is 18.2. The number of aromatic nitrogens is 5. The van der Waals surface area contributed by atoms with Gasteiger partial charge in [-0.1, -0.05) is 0 Å². The number of carbonyl (C=O) groups is 1. The number of fused-ring (bicyclic) bond motifs is 1. The van der Waals surface area contributed by atoms with Crippen molar-refractivity contribution in [1.29, 1.82) is 0 Å². The number of piperidine rings is 1. The van der Waals surface area contributed by atoms with Crippen LogP contribution in [-0.4, -0.2) is 92.1 Å². The van der Waals surface area contributed by atoms with E-state index in [2.05, 4.69) is 36.8 Å². The molecule has 2 N–H and O–H groups in total. The maximum absolute atomic E-state index is 12.8. The van der Waals surface area contributed by atoms with Gasteiger partial charge < -0.3 is 20.1 Å². The second-order valence-electron chi connectivity index (χ2n) is 10.1. The van der Waals surface area contributed by atoms with Crippen LogP contribution in [0.25, 0.3) is 11.2 Å². The lowest BCUT2D eigenvalue weighted by atomic mass is 10.0. The maximum Gasteiger partial charge on any atom is 0.419 e. The molecule has 5 rings (SSSR count). The number of nitrogens with zero attached hydrogens (tertiary/aromatic N) is 8. The van der Waals surface area contributed by atoms with E-state index in [1.54, 1.807) is 18.5 Å². The first-order valence-corrected chi connectivity index (χ1v) is 12.9. The van der Waals surface area contributed by atoms with Crippen LogP contribution in [0.15, 0.2) is 30.9 Å². The molecular formula is C25H32F3N9O. The molecule has 10 nitrogen and oxygen atoms in total. The maximum atomic E-state index is 12.8. The molecule has 1 unspecified atom stereocenters. The lowest BCUT2D eigenvalue weighted by molar-refractivity contribution is -0.138. The molecule has 204 valence electrons. The highest BCUT2D eigenvalue weighted by Crippen LogP contribution is 2.29. The van der Waals surface area contributed by atoms with Gasteiger partial charge in [0, 0.05) is 57.2 Å². The van der Waals surface area contributed by atoms with Crippen molar-refractivity contribution in [3.8, 4) is 0 Å². The summed E-state index contributed by atoms with van der Waals surface area (Å²) in [4.78, 5) is 35.1. The van der Waals surface area contributed by atoms with Crippen molar-refractivity contribution in [2.75, 3.05) is 44.7 Å². The van der Waals surface area contributed by atoms with Gasteiger partial charge in [-0.25, -0.2) is 19.9 Å². The number of likely N-dealkylation sites (tertiary alicyclic amines) is 1. The Labute approximate surface area is 218 Å². The van der Waals surface area contributed by atoms with Gasteiger partial charge in [-0.15, -0.1) is 0 Å². The predicted octanol–water partition coefficient (Wildman–Crippen LogP) is 2.40. The lowest BCUT2D eigenvalue weighted by Gasteiger charge is -2.38. The van der Waals surface area contributed by atoms with Crippen LogP contribution in [0, 0.1) is 0 Å². The zero-order valence-electron chi connectivity index (χ0n) is 21.3. The molecule has 0 saturated carbocycles. The molecule has 3 aromatic heterocycles. The summed E-state index contributed by atoms with van der Waals surface area (Å²) in [5.74, 6) is -0.203. The molecule has 3 aromatic rings. The summed E-state index contributed by atoms with van der Waals surface area (Å²) in [5.41, 5.74) is 6.19. The molecule has 0 aromatic carbocycles. The van der Waals surface area contributed by atoms with E-state index in [-0.39, 0.29) is 5.69 Å². The molecule has 0 bridgehead atoms. The molecule has 2 aliphatic heterocycles. The average molecular weight is 532 g/mol. The average Bonchev–Trinajstić information content (AvgIpc) is 3.53. The van der Waals surface area contributed by atoms with Gasteiger partial charge >= 0.3 is 6.18 Å². The Morgan fingerprint density at radius 1 is 1.08 bits per heavy atom. The minimum atomic E-state index is -4.43. The molecule has 0 spiro atoms. The number of alkyl halides is 3. The van der Waals surface area contributed by atoms with Crippen molar-refractivity contribution >= 4 is 23.0 Å². The topological polar surface area (TPSA) is 109 Å². The minimum absolute atomic E-state index is 0.232. The largest absolute Gasteiger partial charge is 0.419 e. The van der Waals surface area contributed by atoms with Gasteiger partial charge in [-0.05, 0) is 51.4 Å². The van der Waals surface area contributed by atoms with Crippen LogP contribution in [0.4, 0.5) is 19.1 Å². The number of halogens is 3. The molecule has 38 heavy (non-hydrogen) atoms. The van der Waals surface area contributed by atoms with Gasteiger partial charge in [-0.2, -0.15) is 13.2 Å². The molecule has 2 saturated heterocycles. The Hall–Kier alpha value is -3.32. The van der Waals surface area contributed by atoms with Crippen molar-refractivity contribution in [3.05, 3.63) is 42.1 Å². The number of hydrogen-bond donors (Lipinski definition) is 1. The highest BCUT2D eigenvalue weighted by atomic mass is 19.4. The number of imidazole rings is 1. The normalized spacial score (nSPS) is 19.6. The molecule has 2 fully saturated rings. The Balaban J connectivity index is 1.13. The van der Waals surface area contributed by atoms with Gasteiger partial charge in [0.15, 0.2) is 5.65 Å². The zero-order chi connectivity index (χ0) is 26.9. The SMILES string of the molecule is CN(CC1CCCN1CCn1cnc2ccc(C(N)=O)nc21)C1CCN(c2ncc(C(F)(F)F)cn2)CC1. The fourth-order valence-electron chi connectivity index (χ4n) is 5.49. The minimum Gasteiger partial charge on any atom is -0.364 e. The molecule has 0 radical (unpaired) electrons. The molecule has 13 heteroatoms. The highest BCUT2D eigenvalue weighted by molar-refractivity contribution is 5.92. The summed E-state index contributed by atoms with van der Waals surface area (Å²) in [7, 11) is 2.16. The zero-order valence-corrected chi connectivity index (χ0v) is 21.3. The van der Waals surface area contributed by atoms with Crippen molar-refractivity contribution in [3.63, 3.8) is 0 Å². The van der Waals surface area contributed by atoms with E-state index in [0.29, 0.717) is 36.8 Å². The monoisotopic (exact) mass is 531 g/mol. The van der Waals surface area contributed by atoms with E-state index in [1.165, 1.54) is 0 Å². The van der Waals surface area contributed by atoms with Crippen LogP contribution >= 0.6 is 0 Å². The van der Waals surface area contributed by atoms with Gasteiger partial charge in [0.2, 0.25) is 5.95 Å². The number of carbonyl (C=O) groups excluding carboxylic acids is 1. The first kappa shape index (κ1) is 26.3. The van der Waals surface area contributed by atoms with Crippen molar-refractivity contribution < 1.29 is 18.0 Å². The third-order valence-corrected chi connectivity index (χ3v) is 7.68. The second kappa shape index (κ2) is 10.8. The van der Waals surface area contributed by atoms with Gasteiger partial charge in [0.1, 0.15) is 11.2 Å². The fourth-order valence-corrected chi connectivity index (χ4v) is 5.49. The second-order valence-corrected chi connectivity index (χ2v) is 10.1. The predicted molar refractivity (Wildman–Crippen MR) is 136 cm³/mol. The third kappa shape index (κ3) is 5.73. The number of rotatable bonds is 8. The standard InChI is InChI=1S/C25H32F3N9O/c1-34(18-6-9-36(10-7-18)24-30-13-17(14-31-24)25(26,27)28)15-19-3-2-8-35(19)11-12-37-16-32-21-5-4-20(22(29)38)33-23(21)37/h4-5,13-14,16,18-19H,2-3,6-12,15H2,1H3,(H2,29,38). The fraction of sp³-hybridized carbons (Fsp3) is 0.560. The van der Waals surface area contributed by atoms with Gasteiger partial charge in [-0.3, -0.25) is 9.69 Å². The van der Waals surface area contributed by atoms with E-state index in [9.17, 15) is 18.0 Å². The lowest BCUT2D eigenvalue weighted by Crippen LogP contribution is -2.48. The van der Waals surface area contributed by atoms with Crippen LogP contribution in [0.1, 0.15) is 41.7 Å². The van der Waals surface area contributed by atoms with Gasteiger partial charge in [0.25, 0.3) is 5.91 Å². The first-order valence-electron chi connectivity index (χ1n) is 12.9. The summed E-state index contributed by atoms with van der Waals surface area (Å²) >= 11 is 0. The van der Waals surface area contributed by atoms with Crippen LogP contribution in [0.3, 0.4) is 0 Å². The molecule has 5 heterocycles. The van der Waals surface area contributed by atoms with Gasteiger partial charge in [0.05, 0.1) is 11.9 Å². The molecule has 1 amide bonds. The number of nitrogens with two attached hydrogens (primary N) is 1. The number of likely N-dealkylation sites (N-methyl/N-ethyl adjacent to an activating group) is 1. The third-order valence-electron chi connectivity index (χ3n) is 7.68. The Morgan fingerprint density at radius 3 is 2.50 bits per heavy atom. The molecule has 1 atom stereocenters. The summed E-state index contributed by atoms with van der Waals surface area (Å²) in [6.45, 7) is 4.99. The van der Waals surface area contributed by atoms with Crippen LogP contribution in [-0.2, 0) is 12.7 Å². The Morgan fingerprint density at radius 2 is 1.82 bits per heavy atom. The Bertz CT molecular complexity index is 1260. The molecule has 2 aliphatic rings. The number of anilines is 1. The number of pyridine rings is 1. The highest BCUT2D eigenvalue weighted by Gasteiger charge is 2.33. The van der Waals surface area contributed by atoms with E-state index < -0.39 is 17.6 Å². The number of primary amides is 1. The Kier molecular flexibility index (Phi) is 7.48. The van der Waals surface area contributed by atoms with Crippen LogP contribution < -0.4 is 10.6 Å². The van der Waals surface area contributed by atoms with E-state index in [0.717, 1.165) is 69.8 Å². The van der Waals surface area contributed by atoms with Crippen LogP contribution in [0.5, 0.6) is 0 Å². The summed E-state index contributed by atoms with van der Waals surface area (Å²) < 4.78 is 40.4. The number of hydrogen-bond acceptors (Lipinski definition) is 8. The van der Waals surface area contributed by atoms with Crippen molar-refractivity contribution in [2.45, 2.75) is 50.5 Å². The van der Waals surface area contributed by atoms with E-state index in [1.807, 2.05) is 9.47 Å². The smallest absolute Gasteiger partial charge is 0.364 e. The number of amides is 1. The summed E-state index contributed by atoms with van der Waals surface area (Å²) in [5, 5.41) is 0. The molecule has 0 aliphatic carbocycles. The van der Waals surface area contributed by atoms with E-state index in [4.69, 9.17) is 5.73 Å². The van der Waals surface area contributed by atoms with E-state index >= 15 is 0 Å².